The molecule has 0 aromatic heterocycles. The van der Waals surface area contributed by atoms with Crippen molar-refractivity contribution in [2.24, 2.45) is 0 Å². The predicted molar refractivity (Wildman–Crippen MR) is 57.6 cm³/mol. The number of carboxylic acids is 1. The van der Waals surface area contributed by atoms with Gasteiger partial charge in [0.25, 0.3) is 11.4 Å². The lowest BCUT2D eigenvalue weighted by Crippen LogP contribution is -2.56. The summed E-state index contributed by atoms with van der Waals surface area (Å²) in [6, 6.07) is 0. The first-order chi connectivity index (χ1) is 7.80. The molecule has 0 saturated carbocycles. The third-order valence-electron chi connectivity index (χ3n) is 2.32. The van der Waals surface area contributed by atoms with Crippen molar-refractivity contribution in [2.75, 3.05) is 6.61 Å². The van der Waals surface area contributed by atoms with E-state index in [-0.39, 0.29) is 6.61 Å². The summed E-state index contributed by atoms with van der Waals surface area (Å²) in [7, 11) is 0. The second-order valence-corrected chi connectivity index (χ2v) is 3.63. The van der Waals surface area contributed by atoms with E-state index in [9.17, 15) is 19.2 Å². The van der Waals surface area contributed by atoms with Gasteiger partial charge in [0.05, 0.1) is 0 Å². The van der Waals surface area contributed by atoms with Crippen molar-refractivity contribution in [2.45, 2.75) is 39.2 Å². The first-order valence-corrected chi connectivity index (χ1v) is 5.24. The third-order valence-corrected chi connectivity index (χ3v) is 2.32. The quantitative estimate of drug-likeness (QED) is 0.376. The fourth-order valence-corrected chi connectivity index (χ4v) is 1.36. The fourth-order valence-electron chi connectivity index (χ4n) is 1.36. The van der Waals surface area contributed by atoms with Crippen LogP contribution in [0.15, 0.2) is 0 Å². The molecule has 0 spiro atoms. The van der Waals surface area contributed by atoms with Crippen molar-refractivity contribution in [3.8, 4) is 0 Å². The summed E-state index contributed by atoms with van der Waals surface area (Å²) in [4.78, 5) is 45.0. The largest absolute Gasteiger partial charge is 0.475 e. The zero-order chi connectivity index (χ0) is 13.6. The third kappa shape index (κ3) is 3.20. The van der Waals surface area contributed by atoms with Gasteiger partial charge in [0, 0.05) is 6.61 Å². The number of hydrogen-bond acceptors (Lipinski definition) is 5. The number of rotatable bonds is 8. The number of carbonyl (C=O) groups is 4. The fraction of sp³-hybridized carbons (Fsp3) is 0.636. The lowest BCUT2D eigenvalue weighted by molar-refractivity contribution is -0.172. The SMILES string of the molecule is CCCCOC(C(C)=O)(C(C)=O)C(=O)C(=O)O. The van der Waals surface area contributed by atoms with Gasteiger partial charge in [-0.1, -0.05) is 13.3 Å². The molecule has 0 aliphatic heterocycles. The Labute approximate surface area is 98.9 Å². The molecule has 0 atom stereocenters. The van der Waals surface area contributed by atoms with Crippen LogP contribution in [0.2, 0.25) is 0 Å². The number of carboxylic acid groups (broad SMARTS) is 1. The van der Waals surface area contributed by atoms with Crippen LogP contribution in [-0.4, -0.2) is 40.6 Å². The summed E-state index contributed by atoms with van der Waals surface area (Å²) < 4.78 is 4.99. The Hall–Kier alpha value is -1.56. The minimum absolute atomic E-state index is 0.0192. The standard InChI is InChI=1S/C11H16O6/c1-4-5-6-17-11(7(2)12,8(3)13)9(14)10(15)16/h4-6H2,1-3H3,(H,15,16). The van der Waals surface area contributed by atoms with Crippen LogP contribution in [0.25, 0.3) is 0 Å². The van der Waals surface area contributed by atoms with Gasteiger partial charge in [-0.3, -0.25) is 14.4 Å². The molecule has 0 aromatic carbocycles. The Balaban J connectivity index is 5.29. The Morgan fingerprint density at radius 1 is 1.12 bits per heavy atom. The maximum absolute atomic E-state index is 11.5. The van der Waals surface area contributed by atoms with Crippen molar-refractivity contribution < 1.29 is 29.0 Å². The van der Waals surface area contributed by atoms with E-state index in [0.29, 0.717) is 6.42 Å². The van der Waals surface area contributed by atoms with Crippen molar-refractivity contribution in [3.05, 3.63) is 0 Å². The summed E-state index contributed by atoms with van der Waals surface area (Å²) >= 11 is 0. The van der Waals surface area contributed by atoms with Gasteiger partial charge in [-0.05, 0) is 20.3 Å². The topological polar surface area (TPSA) is 97.7 Å². The van der Waals surface area contributed by atoms with Gasteiger partial charge in [0.2, 0.25) is 0 Å². The highest BCUT2D eigenvalue weighted by Crippen LogP contribution is 2.17. The molecule has 17 heavy (non-hydrogen) atoms. The number of unbranched alkanes of at least 4 members (excludes halogenated alkanes) is 1. The summed E-state index contributed by atoms with van der Waals surface area (Å²) in [6.45, 7) is 3.77. The monoisotopic (exact) mass is 244 g/mol. The molecular weight excluding hydrogens is 228 g/mol. The van der Waals surface area contributed by atoms with E-state index in [1.165, 1.54) is 0 Å². The first kappa shape index (κ1) is 15.4. The lowest BCUT2D eigenvalue weighted by atomic mass is 9.89. The smallest absolute Gasteiger partial charge is 0.376 e. The highest BCUT2D eigenvalue weighted by atomic mass is 16.5. The molecule has 0 unspecified atom stereocenters. The molecule has 0 saturated heterocycles. The van der Waals surface area contributed by atoms with Gasteiger partial charge in [-0.15, -0.1) is 0 Å². The number of ketones is 3. The Morgan fingerprint density at radius 2 is 1.59 bits per heavy atom. The van der Waals surface area contributed by atoms with Crippen LogP contribution in [0.4, 0.5) is 0 Å². The molecule has 0 fully saturated rings. The van der Waals surface area contributed by atoms with Crippen LogP contribution in [0.1, 0.15) is 33.6 Å². The normalized spacial score (nSPS) is 11.0. The molecule has 96 valence electrons. The first-order valence-electron chi connectivity index (χ1n) is 5.24. The van der Waals surface area contributed by atoms with Crippen molar-refractivity contribution in [1.29, 1.82) is 0 Å². The van der Waals surface area contributed by atoms with Crippen LogP contribution in [0, 0.1) is 0 Å². The number of carbonyl (C=O) groups excluding carboxylic acids is 3. The van der Waals surface area contributed by atoms with Crippen molar-refractivity contribution in [1.82, 2.24) is 0 Å². The zero-order valence-electron chi connectivity index (χ0n) is 10.1. The van der Waals surface area contributed by atoms with E-state index in [1.54, 1.807) is 0 Å². The summed E-state index contributed by atoms with van der Waals surface area (Å²) in [5.41, 5.74) is -2.49. The van der Waals surface area contributed by atoms with Crippen molar-refractivity contribution >= 4 is 23.3 Å². The molecule has 0 aliphatic carbocycles. The lowest BCUT2D eigenvalue weighted by Gasteiger charge is -2.25. The Morgan fingerprint density at radius 3 is 1.88 bits per heavy atom. The van der Waals surface area contributed by atoms with Crippen LogP contribution >= 0.6 is 0 Å². The van der Waals surface area contributed by atoms with Crippen LogP contribution in [-0.2, 0) is 23.9 Å². The molecular formula is C11H16O6. The van der Waals surface area contributed by atoms with Crippen LogP contribution in [0.3, 0.4) is 0 Å². The molecule has 0 rings (SSSR count). The number of aliphatic carboxylic acids is 1. The molecule has 0 aromatic rings. The van der Waals surface area contributed by atoms with Gasteiger partial charge < -0.3 is 9.84 Å². The number of ether oxygens (including phenoxy) is 1. The number of Topliss-reactive ketones (excluding diaryl/α,β-unsaturated/α-hetero) is 3. The zero-order valence-corrected chi connectivity index (χ0v) is 10.1. The average Bonchev–Trinajstić information content (AvgIpc) is 2.22. The van der Waals surface area contributed by atoms with E-state index in [4.69, 9.17) is 9.84 Å². The van der Waals surface area contributed by atoms with E-state index < -0.39 is 28.9 Å². The van der Waals surface area contributed by atoms with Crippen molar-refractivity contribution in [3.63, 3.8) is 0 Å². The van der Waals surface area contributed by atoms with E-state index in [1.807, 2.05) is 6.92 Å². The van der Waals surface area contributed by atoms with Gasteiger partial charge in [-0.2, -0.15) is 0 Å². The minimum Gasteiger partial charge on any atom is -0.475 e. The van der Waals surface area contributed by atoms with Gasteiger partial charge in [-0.25, -0.2) is 4.79 Å². The van der Waals surface area contributed by atoms with E-state index in [0.717, 1.165) is 20.3 Å². The second kappa shape index (κ2) is 6.24. The summed E-state index contributed by atoms with van der Waals surface area (Å²) in [6.07, 6.45) is 1.25. The van der Waals surface area contributed by atoms with Crippen LogP contribution in [0.5, 0.6) is 0 Å². The molecule has 6 heteroatoms. The number of hydrogen-bond donors (Lipinski definition) is 1. The highest BCUT2D eigenvalue weighted by molar-refractivity contribution is 6.48. The Bertz CT molecular complexity index is 330. The maximum atomic E-state index is 11.5. The van der Waals surface area contributed by atoms with E-state index in [2.05, 4.69) is 0 Å². The molecule has 1 N–H and O–H groups in total. The maximum Gasteiger partial charge on any atom is 0.376 e. The highest BCUT2D eigenvalue weighted by Gasteiger charge is 2.52. The van der Waals surface area contributed by atoms with Gasteiger partial charge in [0.15, 0.2) is 11.6 Å². The minimum atomic E-state index is -2.49. The molecule has 6 nitrogen and oxygen atoms in total. The molecule has 0 bridgehead atoms. The van der Waals surface area contributed by atoms with Crippen LogP contribution < -0.4 is 0 Å². The Kier molecular flexibility index (Phi) is 5.67. The molecule has 0 aliphatic rings. The predicted octanol–water partition coefficient (Wildman–Crippen LogP) is 0.374. The van der Waals surface area contributed by atoms with Gasteiger partial charge >= 0.3 is 5.97 Å². The summed E-state index contributed by atoms with van der Waals surface area (Å²) in [5, 5.41) is 8.64. The molecule has 0 heterocycles. The molecule has 0 radical (unpaired) electrons. The molecule has 0 amide bonds. The summed E-state index contributed by atoms with van der Waals surface area (Å²) in [5.74, 6) is -5.21. The van der Waals surface area contributed by atoms with Gasteiger partial charge in [0.1, 0.15) is 0 Å². The average molecular weight is 244 g/mol. The second-order valence-electron chi connectivity index (χ2n) is 3.63. The van der Waals surface area contributed by atoms with E-state index >= 15 is 0 Å².